The van der Waals surface area contributed by atoms with Crippen LogP contribution < -0.4 is 4.72 Å². The van der Waals surface area contributed by atoms with Crippen LogP contribution in [-0.4, -0.2) is 17.1 Å². The van der Waals surface area contributed by atoms with Crippen LogP contribution in [0.3, 0.4) is 0 Å². The number of hydrogen-bond donors (Lipinski definition) is 1. The van der Waals surface area contributed by atoms with E-state index in [1.54, 1.807) is 0 Å². The zero-order valence-electron chi connectivity index (χ0n) is 7.80. The topological polar surface area (TPSA) is 31.2 Å². The van der Waals surface area contributed by atoms with Crippen molar-refractivity contribution in [1.29, 1.82) is 0 Å². The van der Waals surface area contributed by atoms with Crippen LogP contribution in [0.15, 0.2) is 0 Å². The van der Waals surface area contributed by atoms with Gasteiger partial charge in [-0.3, -0.25) is 0 Å². The van der Waals surface area contributed by atoms with E-state index in [1.165, 1.54) is 25.7 Å². The highest BCUT2D eigenvalue weighted by Gasteiger charge is 2.46. The average molecular weight is 187 g/mol. The molecule has 0 radical (unpaired) electrons. The Bertz CT molecular complexity index is 158. The summed E-state index contributed by atoms with van der Waals surface area (Å²) in [4.78, 5) is 0.483. The highest BCUT2D eigenvalue weighted by Crippen LogP contribution is 2.48. The normalized spacial score (nSPS) is 40.8. The number of nitrogens with one attached hydrogen (secondary N) is 1. The lowest BCUT2D eigenvalue weighted by molar-refractivity contribution is -0.0150. The van der Waals surface area contributed by atoms with Crippen LogP contribution in [0.4, 0.5) is 0 Å². The quantitative estimate of drug-likeness (QED) is 0.531. The molecule has 12 heavy (non-hydrogen) atoms. The minimum atomic E-state index is 0.392. The maximum absolute atomic E-state index is 5.78. The van der Waals surface area contributed by atoms with Gasteiger partial charge in [-0.2, -0.15) is 0 Å². The van der Waals surface area contributed by atoms with Crippen molar-refractivity contribution in [2.45, 2.75) is 56.6 Å². The Hall–Kier alpha value is 0.270. The van der Waals surface area contributed by atoms with Crippen molar-refractivity contribution < 1.29 is 4.74 Å². The average Bonchev–Trinajstić information content (AvgIpc) is 2.75. The molecule has 0 atom stereocenters. The molecule has 0 bridgehead atoms. The Kier molecular flexibility index (Phi) is 2.36. The SMILES string of the molecule is CC(C)OC1CCC2(CC1)NS2. The molecular formula is C9H17NOS. The van der Waals surface area contributed by atoms with E-state index >= 15 is 0 Å². The molecule has 1 N–H and O–H groups in total. The Morgan fingerprint density at radius 2 is 2.00 bits per heavy atom. The third-order valence-electron chi connectivity index (χ3n) is 2.60. The molecule has 0 aromatic carbocycles. The molecule has 2 fully saturated rings. The molecule has 70 valence electrons. The summed E-state index contributed by atoms with van der Waals surface area (Å²) in [5, 5.41) is 0. The van der Waals surface area contributed by atoms with E-state index in [4.69, 9.17) is 4.74 Å². The Morgan fingerprint density at radius 3 is 2.42 bits per heavy atom. The Labute approximate surface area is 78.6 Å². The predicted octanol–water partition coefficient (Wildman–Crippen LogP) is 2.30. The monoisotopic (exact) mass is 187 g/mol. The van der Waals surface area contributed by atoms with Gasteiger partial charge in [-0.1, -0.05) is 11.9 Å². The summed E-state index contributed by atoms with van der Waals surface area (Å²) in [7, 11) is 0. The van der Waals surface area contributed by atoms with Crippen LogP contribution in [0, 0.1) is 0 Å². The summed E-state index contributed by atoms with van der Waals surface area (Å²) < 4.78 is 9.16. The standard InChI is InChI=1S/C9H17NOS/c1-7(2)11-8-3-5-9(6-4-8)10-12-9/h7-8,10H,3-6H2,1-2H3. The number of ether oxygens (including phenoxy) is 1. The van der Waals surface area contributed by atoms with Crippen molar-refractivity contribution in [3.8, 4) is 0 Å². The van der Waals surface area contributed by atoms with Crippen molar-refractivity contribution >= 4 is 11.9 Å². The van der Waals surface area contributed by atoms with Gasteiger partial charge in [0.2, 0.25) is 0 Å². The second kappa shape index (κ2) is 3.20. The molecule has 2 aliphatic rings. The summed E-state index contributed by atoms with van der Waals surface area (Å²) in [6.45, 7) is 4.24. The summed E-state index contributed by atoms with van der Waals surface area (Å²) in [5.74, 6) is 0. The van der Waals surface area contributed by atoms with Crippen LogP contribution in [0.1, 0.15) is 39.5 Å². The van der Waals surface area contributed by atoms with E-state index in [2.05, 4.69) is 18.6 Å². The fraction of sp³-hybridized carbons (Fsp3) is 1.00. The zero-order valence-corrected chi connectivity index (χ0v) is 8.62. The maximum Gasteiger partial charge on any atom is 0.0883 e. The highest BCUT2D eigenvalue weighted by atomic mass is 32.2. The first-order valence-electron chi connectivity index (χ1n) is 4.81. The van der Waals surface area contributed by atoms with E-state index in [1.807, 2.05) is 11.9 Å². The van der Waals surface area contributed by atoms with Gasteiger partial charge in [0.15, 0.2) is 0 Å². The molecule has 1 saturated carbocycles. The maximum atomic E-state index is 5.78. The van der Waals surface area contributed by atoms with Gasteiger partial charge < -0.3 is 4.74 Å². The van der Waals surface area contributed by atoms with Gasteiger partial charge >= 0.3 is 0 Å². The van der Waals surface area contributed by atoms with E-state index in [0.29, 0.717) is 17.1 Å². The van der Waals surface area contributed by atoms with Gasteiger partial charge in [0.05, 0.1) is 17.1 Å². The van der Waals surface area contributed by atoms with Crippen molar-refractivity contribution in [2.75, 3.05) is 0 Å². The molecule has 1 aliphatic heterocycles. The minimum Gasteiger partial charge on any atom is -0.376 e. The second-order valence-electron chi connectivity index (χ2n) is 4.08. The summed E-state index contributed by atoms with van der Waals surface area (Å²) >= 11 is 1.91. The van der Waals surface area contributed by atoms with Gasteiger partial charge in [0, 0.05) is 0 Å². The molecule has 0 amide bonds. The van der Waals surface area contributed by atoms with E-state index in [9.17, 15) is 0 Å². The molecule has 2 rings (SSSR count). The lowest BCUT2D eigenvalue weighted by atomic mass is 9.93. The number of hydrogen-bond acceptors (Lipinski definition) is 3. The lowest BCUT2D eigenvalue weighted by Crippen LogP contribution is -2.29. The molecule has 0 aromatic heterocycles. The van der Waals surface area contributed by atoms with E-state index < -0.39 is 0 Å². The second-order valence-corrected chi connectivity index (χ2v) is 5.27. The van der Waals surface area contributed by atoms with Crippen LogP contribution in [0.25, 0.3) is 0 Å². The fourth-order valence-corrected chi connectivity index (χ4v) is 2.64. The molecule has 1 spiro atoms. The molecule has 0 aromatic rings. The summed E-state index contributed by atoms with van der Waals surface area (Å²) in [5.41, 5.74) is 0. The molecule has 0 unspecified atom stereocenters. The van der Waals surface area contributed by atoms with Crippen molar-refractivity contribution in [2.24, 2.45) is 0 Å². The van der Waals surface area contributed by atoms with Crippen molar-refractivity contribution in [3.63, 3.8) is 0 Å². The fourth-order valence-electron chi connectivity index (χ4n) is 1.85. The third kappa shape index (κ3) is 1.95. The highest BCUT2D eigenvalue weighted by molar-refractivity contribution is 8.05. The molecule has 1 saturated heterocycles. The van der Waals surface area contributed by atoms with Crippen LogP contribution in [0.5, 0.6) is 0 Å². The Morgan fingerprint density at radius 1 is 1.42 bits per heavy atom. The smallest absolute Gasteiger partial charge is 0.0883 e. The largest absolute Gasteiger partial charge is 0.376 e. The molecule has 2 nitrogen and oxygen atoms in total. The molecular weight excluding hydrogens is 170 g/mol. The van der Waals surface area contributed by atoms with E-state index in [0.717, 1.165) is 0 Å². The van der Waals surface area contributed by atoms with Crippen LogP contribution in [0.2, 0.25) is 0 Å². The van der Waals surface area contributed by atoms with Gasteiger partial charge in [-0.25, -0.2) is 4.72 Å². The Balaban J connectivity index is 1.74. The molecule has 1 aliphatic carbocycles. The molecule has 1 heterocycles. The third-order valence-corrected chi connectivity index (χ3v) is 3.79. The van der Waals surface area contributed by atoms with Crippen LogP contribution in [-0.2, 0) is 4.74 Å². The lowest BCUT2D eigenvalue weighted by Gasteiger charge is -2.27. The summed E-state index contributed by atoms with van der Waals surface area (Å²) in [6, 6.07) is 0. The molecule has 3 heteroatoms. The number of rotatable bonds is 2. The first kappa shape index (κ1) is 8.85. The first-order valence-corrected chi connectivity index (χ1v) is 5.62. The van der Waals surface area contributed by atoms with Crippen LogP contribution >= 0.6 is 11.9 Å². The predicted molar refractivity (Wildman–Crippen MR) is 51.9 cm³/mol. The van der Waals surface area contributed by atoms with Gasteiger partial charge in [0.25, 0.3) is 0 Å². The minimum absolute atomic E-state index is 0.392. The zero-order chi connectivity index (χ0) is 8.60. The van der Waals surface area contributed by atoms with E-state index in [-0.39, 0.29) is 0 Å². The van der Waals surface area contributed by atoms with Gasteiger partial charge in [-0.05, 0) is 39.5 Å². The van der Waals surface area contributed by atoms with Crippen molar-refractivity contribution in [1.82, 2.24) is 4.72 Å². The first-order chi connectivity index (χ1) is 5.70. The van der Waals surface area contributed by atoms with Gasteiger partial charge in [-0.15, -0.1) is 0 Å². The summed E-state index contributed by atoms with van der Waals surface area (Å²) in [6.07, 6.45) is 5.96. The van der Waals surface area contributed by atoms with Gasteiger partial charge in [0.1, 0.15) is 0 Å². The van der Waals surface area contributed by atoms with Crippen molar-refractivity contribution in [3.05, 3.63) is 0 Å².